The van der Waals surface area contributed by atoms with Crippen LogP contribution in [0.15, 0.2) is 24.3 Å². The van der Waals surface area contributed by atoms with Gasteiger partial charge in [-0.15, -0.1) is 0 Å². The maximum absolute atomic E-state index is 12.7. The Bertz CT molecular complexity index is 832. The van der Waals surface area contributed by atoms with Gasteiger partial charge in [0.15, 0.2) is 6.10 Å². The van der Waals surface area contributed by atoms with Gasteiger partial charge in [-0.1, -0.05) is 25.1 Å². The largest absolute Gasteiger partial charge is 0.449 e. The number of amides is 3. The van der Waals surface area contributed by atoms with Crippen LogP contribution in [0.3, 0.4) is 0 Å². The Morgan fingerprint density at radius 3 is 2.56 bits per heavy atom. The molecule has 2 rings (SSSR count). The second kappa shape index (κ2) is 7.74. The maximum Gasteiger partial charge on any atom is 0.339 e. The monoisotopic (exact) mass is 343 g/mol. The summed E-state index contributed by atoms with van der Waals surface area (Å²) >= 11 is 0. The highest BCUT2D eigenvalue weighted by molar-refractivity contribution is 6.06. The highest BCUT2D eigenvalue weighted by Gasteiger charge is 2.24. The third-order valence-corrected chi connectivity index (χ3v) is 3.89. The predicted octanol–water partition coefficient (Wildman–Crippen LogP) is 2.11. The number of para-hydroxylation sites is 1. The Hall–Kier alpha value is -2.96. The van der Waals surface area contributed by atoms with Gasteiger partial charge in [-0.05, 0) is 31.9 Å². The number of nitrogens with zero attached hydrogens (tertiary/aromatic N) is 1. The molecule has 2 aromatic rings. The summed E-state index contributed by atoms with van der Waals surface area (Å²) in [6.45, 7) is 5.18. The van der Waals surface area contributed by atoms with Gasteiger partial charge in [0.1, 0.15) is 0 Å². The lowest BCUT2D eigenvalue weighted by Crippen LogP contribution is -2.43. The second-order valence-corrected chi connectivity index (χ2v) is 5.55. The van der Waals surface area contributed by atoms with Gasteiger partial charge in [-0.2, -0.15) is 0 Å². The fourth-order valence-electron chi connectivity index (χ4n) is 2.51. The van der Waals surface area contributed by atoms with Gasteiger partial charge < -0.3 is 10.1 Å². The topological polar surface area (TPSA) is 97.4 Å². The molecule has 0 unspecified atom stereocenters. The molecule has 1 aromatic heterocycles. The zero-order valence-electron chi connectivity index (χ0n) is 14.7. The zero-order chi connectivity index (χ0) is 18.6. The Labute approximate surface area is 145 Å². The molecule has 1 heterocycles. The lowest BCUT2D eigenvalue weighted by Gasteiger charge is -2.16. The molecule has 7 nitrogen and oxygen atoms in total. The normalized spacial score (nSPS) is 11.7. The van der Waals surface area contributed by atoms with E-state index in [-0.39, 0.29) is 0 Å². The van der Waals surface area contributed by atoms with Crippen LogP contribution in [0.4, 0.5) is 4.79 Å². The summed E-state index contributed by atoms with van der Waals surface area (Å²) in [6.07, 6.45) is -0.440. The standard InChI is InChI=1S/C18H21N3O4/c1-5-13-10(2)15(12-8-6-7-9-14(12)20-13)17(23)25-11(3)16(22)21-18(24)19-4/h6-9,11H,5H2,1-4H3,(H2,19,21,22,24)/t11-/m1/s1. The Morgan fingerprint density at radius 1 is 1.24 bits per heavy atom. The van der Waals surface area contributed by atoms with Crippen molar-refractivity contribution in [3.63, 3.8) is 0 Å². The van der Waals surface area contributed by atoms with Crippen molar-refractivity contribution in [1.29, 1.82) is 0 Å². The van der Waals surface area contributed by atoms with Crippen LogP contribution >= 0.6 is 0 Å². The molecule has 3 amide bonds. The minimum atomic E-state index is -1.11. The van der Waals surface area contributed by atoms with Crippen molar-refractivity contribution in [2.75, 3.05) is 7.05 Å². The quantitative estimate of drug-likeness (QED) is 0.829. The fraction of sp³-hybridized carbons (Fsp3) is 0.333. The Kier molecular flexibility index (Phi) is 5.69. The van der Waals surface area contributed by atoms with E-state index in [1.165, 1.54) is 14.0 Å². The van der Waals surface area contributed by atoms with Crippen molar-refractivity contribution in [2.45, 2.75) is 33.3 Å². The SMILES string of the molecule is CCc1nc2ccccc2c(C(=O)O[C@H](C)C(=O)NC(=O)NC)c1C. The molecule has 132 valence electrons. The van der Waals surface area contributed by atoms with Crippen LogP contribution < -0.4 is 10.6 Å². The molecule has 0 spiro atoms. The van der Waals surface area contributed by atoms with Crippen LogP contribution in [0.5, 0.6) is 0 Å². The number of esters is 1. The molecule has 0 aliphatic rings. The van der Waals surface area contributed by atoms with Crippen LogP contribution in [0.25, 0.3) is 10.9 Å². The molecule has 0 saturated heterocycles. The number of urea groups is 1. The fourth-order valence-corrected chi connectivity index (χ4v) is 2.51. The summed E-state index contributed by atoms with van der Waals surface area (Å²) in [5.74, 6) is -1.32. The first-order chi connectivity index (χ1) is 11.9. The highest BCUT2D eigenvalue weighted by atomic mass is 16.5. The van der Waals surface area contributed by atoms with E-state index in [0.29, 0.717) is 22.9 Å². The molecule has 0 saturated carbocycles. The minimum absolute atomic E-state index is 0.391. The van der Waals surface area contributed by atoms with E-state index in [0.717, 1.165) is 11.3 Å². The van der Waals surface area contributed by atoms with Crippen LogP contribution in [0.1, 0.15) is 35.5 Å². The number of ether oxygens (including phenoxy) is 1. The van der Waals surface area contributed by atoms with Crippen molar-refractivity contribution in [3.8, 4) is 0 Å². The van der Waals surface area contributed by atoms with Crippen molar-refractivity contribution >= 4 is 28.8 Å². The number of rotatable bonds is 4. The lowest BCUT2D eigenvalue weighted by atomic mass is 10.0. The number of carbonyl (C=O) groups excluding carboxylic acids is 3. The molecule has 0 aliphatic carbocycles. The van der Waals surface area contributed by atoms with Crippen molar-refractivity contribution < 1.29 is 19.1 Å². The number of benzene rings is 1. The van der Waals surface area contributed by atoms with Crippen molar-refractivity contribution in [1.82, 2.24) is 15.6 Å². The first-order valence-corrected chi connectivity index (χ1v) is 8.00. The zero-order valence-corrected chi connectivity index (χ0v) is 14.7. The molecule has 0 fully saturated rings. The van der Waals surface area contributed by atoms with E-state index in [2.05, 4.69) is 15.6 Å². The summed E-state index contributed by atoms with van der Waals surface area (Å²) in [5.41, 5.74) is 2.61. The molecule has 0 radical (unpaired) electrons. The summed E-state index contributed by atoms with van der Waals surface area (Å²) in [6, 6.07) is 6.62. The molecular weight excluding hydrogens is 322 g/mol. The van der Waals surface area contributed by atoms with Crippen LogP contribution in [0.2, 0.25) is 0 Å². The molecule has 7 heteroatoms. The summed E-state index contributed by atoms with van der Waals surface area (Å²) in [4.78, 5) is 40.3. The predicted molar refractivity (Wildman–Crippen MR) is 93.3 cm³/mol. The molecule has 1 aromatic carbocycles. The van der Waals surface area contributed by atoms with Crippen LogP contribution in [0, 0.1) is 6.92 Å². The molecule has 0 aliphatic heterocycles. The lowest BCUT2D eigenvalue weighted by molar-refractivity contribution is -0.127. The van der Waals surface area contributed by atoms with E-state index in [9.17, 15) is 14.4 Å². The number of aromatic nitrogens is 1. The van der Waals surface area contributed by atoms with Gasteiger partial charge in [0.05, 0.1) is 11.1 Å². The molecule has 25 heavy (non-hydrogen) atoms. The molecule has 0 bridgehead atoms. The third kappa shape index (κ3) is 3.93. The number of imide groups is 1. The van der Waals surface area contributed by atoms with Gasteiger partial charge in [-0.25, -0.2) is 9.59 Å². The van der Waals surface area contributed by atoms with Gasteiger partial charge in [0.2, 0.25) is 0 Å². The van der Waals surface area contributed by atoms with Crippen molar-refractivity contribution in [3.05, 3.63) is 41.1 Å². The van der Waals surface area contributed by atoms with E-state index >= 15 is 0 Å². The molecule has 2 N–H and O–H groups in total. The van der Waals surface area contributed by atoms with E-state index < -0.39 is 24.0 Å². The number of nitrogens with one attached hydrogen (secondary N) is 2. The first-order valence-electron chi connectivity index (χ1n) is 8.00. The van der Waals surface area contributed by atoms with Crippen LogP contribution in [-0.4, -0.2) is 36.0 Å². The third-order valence-electron chi connectivity index (χ3n) is 3.89. The number of hydrogen-bond donors (Lipinski definition) is 2. The van der Waals surface area contributed by atoms with E-state index in [4.69, 9.17) is 4.74 Å². The summed E-state index contributed by atoms with van der Waals surface area (Å²) < 4.78 is 5.27. The number of pyridine rings is 1. The van der Waals surface area contributed by atoms with Gasteiger partial charge >= 0.3 is 12.0 Å². The number of carbonyl (C=O) groups is 3. The number of aryl methyl sites for hydroxylation is 1. The van der Waals surface area contributed by atoms with Gasteiger partial charge in [0, 0.05) is 18.1 Å². The Balaban J connectivity index is 2.34. The molecule has 1 atom stereocenters. The minimum Gasteiger partial charge on any atom is -0.449 e. The van der Waals surface area contributed by atoms with Gasteiger partial charge in [0.25, 0.3) is 5.91 Å². The average Bonchev–Trinajstić information content (AvgIpc) is 2.60. The van der Waals surface area contributed by atoms with Gasteiger partial charge in [-0.3, -0.25) is 15.1 Å². The molecular formula is C18H21N3O4. The van der Waals surface area contributed by atoms with Crippen molar-refractivity contribution in [2.24, 2.45) is 0 Å². The first kappa shape index (κ1) is 18.4. The summed E-state index contributed by atoms with van der Waals surface area (Å²) in [5, 5.41) is 5.01. The number of hydrogen-bond acceptors (Lipinski definition) is 5. The van der Waals surface area contributed by atoms with E-state index in [1.807, 2.05) is 32.0 Å². The average molecular weight is 343 g/mol. The summed E-state index contributed by atoms with van der Waals surface area (Å²) in [7, 11) is 1.39. The number of fused-ring (bicyclic) bond motifs is 1. The second-order valence-electron chi connectivity index (χ2n) is 5.55. The maximum atomic E-state index is 12.7. The van der Waals surface area contributed by atoms with Crippen LogP contribution in [-0.2, 0) is 16.0 Å². The Morgan fingerprint density at radius 2 is 1.92 bits per heavy atom. The van der Waals surface area contributed by atoms with E-state index in [1.54, 1.807) is 6.07 Å². The smallest absolute Gasteiger partial charge is 0.339 e. The highest BCUT2D eigenvalue weighted by Crippen LogP contribution is 2.24.